The zero-order valence-electron chi connectivity index (χ0n) is 15.9. The molecule has 6 nitrogen and oxygen atoms in total. The van der Waals surface area contributed by atoms with Gasteiger partial charge in [-0.3, -0.25) is 10.1 Å². The first kappa shape index (κ1) is 18.3. The Kier molecular flexibility index (Phi) is 6.52. The number of nitrogens with one attached hydrogen (secondary N) is 2. The highest BCUT2D eigenvalue weighted by molar-refractivity contribution is 5.80. The van der Waals surface area contributed by atoms with Crippen molar-refractivity contribution in [3.8, 4) is 0 Å². The first-order chi connectivity index (χ1) is 12.8. The van der Waals surface area contributed by atoms with Crippen molar-refractivity contribution in [3.05, 3.63) is 47.8 Å². The van der Waals surface area contributed by atoms with E-state index >= 15 is 0 Å². The van der Waals surface area contributed by atoms with Gasteiger partial charge >= 0.3 is 0 Å². The Morgan fingerprint density at radius 2 is 1.96 bits per heavy atom. The maximum absolute atomic E-state index is 4.85. The Bertz CT molecular complexity index is 685. The summed E-state index contributed by atoms with van der Waals surface area (Å²) >= 11 is 0. The third kappa shape index (κ3) is 4.77. The van der Waals surface area contributed by atoms with E-state index in [0.717, 1.165) is 63.8 Å². The molecule has 1 aliphatic heterocycles. The second-order valence-electron chi connectivity index (χ2n) is 6.67. The van der Waals surface area contributed by atoms with Crippen molar-refractivity contribution in [3.63, 3.8) is 0 Å². The van der Waals surface area contributed by atoms with E-state index in [1.54, 1.807) is 0 Å². The summed E-state index contributed by atoms with van der Waals surface area (Å²) in [6.45, 7) is 10.0. The molecule has 26 heavy (non-hydrogen) atoms. The van der Waals surface area contributed by atoms with Crippen molar-refractivity contribution < 1.29 is 0 Å². The molecule has 0 spiro atoms. The Balaban J connectivity index is 1.50. The van der Waals surface area contributed by atoms with Crippen LogP contribution in [-0.2, 0) is 6.42 Å². The second-order valence-corrected chi connectivity index (χ2v) is 6.67. The third-order valence-corrected chi connectivity index (χ3v) is 4.84. The number of aryl methyl sites for hydroxylation is 2. The van der Waals surface area contributed by atoms with Crippen molar-refractivity contribution in [1.82, 2.24) is 20.4 Å². The van der Waals surface area contributed by atoms with Gasteiger partial charge in [0.05, 0.1) is 6.20 Å². The summed E-state index contributed by atoms with van der Waals surface area (Å²) in [6.07, 6.45) is 3.99. The van der Waals surface area contributed by atoms with Gasteiger partial charge in [-0.05, 0) is 44.4 Å². The van der Waals surface area contributed by atoms with Crippen LogP contribution in [0.5, 0.6) is 0 Å². The zero-order valence-corrected chi connectivity index (χ0v) is 15.9. The lowest BCUT2D eigenvalue weighted by molar-refractivity contribution is 0.372. The molecule has 6 heteroatoms. The van der Waals surface area contributed by atoms with Gasteiger partial charge in [0.1, 0.15) is 0 Å². The fourth-order valence-electron chi connectivity index (χ4n) is 3.32. The standard InChI is InChI=1S/C20H30N6/c1-3-21-20(22-11-7-8-18-16-23-24-17(18)2)26-14-12-25(13-15-26)19-9-5-4-6-10-19/h4-6,9-10,16H,3,7-8,11-15H2,1-2H3,(H,21,22)(H,23,24). The predicted octanol–water partition coefficient (Wildman–Crippen LogP) is 2.44. The molecule has 0 amide bonds. The highest BCUT2D eigenvalue weighted by Crippen LogP contribution is 2.15. The molecule has 2 heterocycles. The quantitative estimate of drug-likeness (QED) is 0.475. The third-order valence-electron chi connectivity index (χ3n) is 4.84. The smallest absolute Gasteiger partial charge is 0.194 e. The van der Waals surface area contributed by atoms with Crippen molar-refractivity contribution in [2.24, 2.45) is 4.99 Å². The molecule has 140 valence electrons. The number of guanidine groups is 1. The van der Waals surface area contributed by atoms with Gasteiger partial charge in [-0.1, -0.05) is 18.2 Å². The minimum Gasteiger partial charge on any atom is -0.368 e. The molecule has 0 saturated carbocycles. The van der Waals surface area contributed by atoms with E-state index in [1.807, 2.05) is 6.20 Å². The van der Waals surface area contributed by atoms with E-state index < -0.39 is 0 Å². The Morgan fingerprint density at radius 1 is 1.19 bits per heavy atom. The number of rotatable bonds is 6. The van der Waals surface area contributed by atoms with Gasteiger partial charge < -0.3 is 15.1 Å². The van der Waals surface area contributed by atoms with Crippen LogP contribution in [0.25, 0.3) is 0 Å². The number of aromatic nitrogens is 2. The van der Waals surface area contributed by atoms with Crippen LogP contribution >= 0.6 is 0 Å². The molecule has 0 unspecified atom stereocenters. The zero-order chi connectivity index (χ0) is 18.2. The number of aliphatic imine (C=N–C) groups is 1. The summed E-state index contributed by atoms with van der Waals surface area (Å²) in [5, 5.41) is 10.5. The highest BCUT2D eigenvalue weighted by atomic mass is 15.3. The topological polar surface area (TPSA) is 59.6 Å². The largest absolute Gasteiger partial charge is 0.368 e. The van der Waals surface area contributed by atoms with Crippen LogP contribution in [0.15, 0.2) is 41.5 Å². The monoisotopic (exact) mass is 354 g/mol. The van der Waals surface area contributed by atoms with Crippen LogP contribution < -0.4 is 10.2 Å². The molecule has 0 bridgehead atoms. The van der Waals surface area contributed by atoms with Crippen LogP contribution in [0.4, 0.5) is 5.69 Å². The molecule has 3 rings (SSSR count). The van der Waals surface area contributed by atoms with Gasteiger partial charge in [-0.15, -0.1) is 0 Å². The number of benzene rings is 1. The molecule has 1 aliphatic rings. The lowest BCUT2D eigenvalue weighted by atomic mass is 10.1. The lowest BCUT2D eigenvalue weighted by Gasteiger charge is -2.37. The first-order valence-electron chi connectivity index (χ1n) is 9.60. The van der Waals surface area contributed by atoms with Crippen LogP contribution in [0.1, 0.15) is 24.6 Å². The molecule has 0 radical (unpaired) electrons. The van der Waals surface area contributed by atoms with E-state index in [2.05, 4.69) is 69.5 Å². The molecule has 0 aliphatic carbocycles. The van der Waals surface area contributed by atoms with E-state index in [4.69, 9.17) is 4.99 Å². The van der Waals surface area contributed by atoms with Gasteiger partial charge in [-0.25, -0.2) is 0 Å². The maximum atomic E-state index is 4.85. The van der Waals surface area contributed by atoms with Crippen molar-refractivity contribution in [1.29, 1.82) is 0 Å². The van der Waals surface area contributed by atoms with Crippen LogP contribution in [0.3, 0.4) is 0 Å². The second kappa shape index (κ2) is 9.27. The fraction of sp³-hybridized carbons (Fsp3) is 0.500. The summed E-state index contributed by atoms with van der Waals surface area (Å²) in [5.41, 5.74) is 3.77. The SMILES string of the molecule is CCNC(=NCCCc1cn[nH]c1C)N1CCN(c2ccccc2)CC1. The molecular weight excluding hydrogens is 324 g/mol. The number of aromatic amines is 1. The highest BCUT2D eigenvalue weighted by Gasteiger charge is 2.19. The van der Waals surface area contributed by atoms with Gasteiger partial charge in [0.15, 0.2) is 5.96 Å². The van der Waals surface area contributed by atoms with Gasteiger partial charge in [0.2, 0.25) is 0 Å². The number of para-hydroxylation sites is 1. The number of hydrogen-bond acceptors (Lipinski definition) is 3. The van der Waals surface area contributed by atoms with Crippen LogP contribution in [-0.4, -0.2) is 60.3 Å². The van der Waals surface area contributed by atoms with Crippen LogP contribution in [0.2, 0.25) is 0 Å². The number of anilines is 1. The molecule has 1 aromatic carbocycles. The minimum atomic E-state index is 0.839. The Hall–Kier alpha value is -2.50. The average molecular weight is 355 g/mol. The summed E-state index contributed by atoms with van der Waals surface area (Å²) < 4.78 is 0. The van der Waals surface area contributed by atoms with Gasteiger partial charge in [0.25, 0.3) is 0 Å². The summed E-state index contributed by atoms with van der Waals surface area (Å²) in [7, 11) is 0. The molecule has 2 aromatic rings. The summed E-state index contributed by atoms with van der Waals surface area (Å²) in [5.74, 6) is 1.05. The Labute approximate surface area is 156 Å². The predicted molar refractivity (Wildman–Crippen MR) is 108 cm³/mol. The van der Waals surface area contributed by atoms with Crippen molar-refractivity contribution in [2.45, 2.75) is 26.7 Å². The number of H-pyrrole nitrogens is 1. The first-order valence-corrected chi connectivity index (χ1v) is 9.60. The number of hydrogen-bond donors (Lipinski definition) is 2. The number of piperazine rings is 1. The normalized spacial score (nSPS) is 15.4. The maximum Gasteiger partial charge on any atom is 0.194 e. The molecule has 0 atom stereocenters. The van der Waals surface area contributed by atoms with E-state index in [-0.39, 0.29) is 0 Å². The average Bonchev–Trinajstić information content (AvgIpc) is 3.10. The molecular formula is C20H30N6. The van der Waals surface area contributed by atoms with Gasteiger partial charge in [-0.2, -0.15) is 5.10 Å². The number of nitrogens with zero attached hydrogens (tertiary/aromatic N) is 4. The molecule has 2 N–H and O–H groups in total. The lowest BCUT2D eigenvalue weighted by Crippen LogP contribution is -2.52. The van der Waals surface area contributed by atoms with E-state index in [0.29, 0.717) is 0 Å². The van der Waals surface area contributed by atoms with Crippen molar-refractivity contribution >= 4 is 11.6 Å². The van der Waals surface area contributed by atoms with E-state index in [9.17, 15) is 0 Å². The summed E-state index contributed by atoms with van der Waals surface area (Å²) in [6, 6.07) is 10.7. The Morgan fingerprint density at radius 3 is 2.62 bits per heavy atom. The minimum absolute atomic E-state index is 0.839. The molecule has 1 saturated heterocycles. The van der Waals surface area contributed by atoms with E-state index in [1.165, 1.54) is 11.3 Å². The molecule has 1 fully saturated rings. The molecule has 1 aromatic heterocycles. The summed E-state index contributed by atoms with van der Waals surface area (Å²) in [4.78, 5) is 9.67. The van der Waals surface area contributed by atoms with Crippen molar-refractivity contribution in [2.75, 3.05) is 44.2 Å². The fourth-order valence-corrected chi connectivity index (χ4v) is 3.32. The van der Waals surface area contributed by atoms with Gasteiger partial charge in [0, 0.05) is 50.6 Å². The van der Waals surface area contributed by atoms with Crippen LogP contribution in [0, 0.1) is 6.92 Å².